The molecule has 38 heavy (non-hydrogen) atoms. The van der Waals surface area contributed by atoms with E-state index in [1.165, 1.54) is 18.2 Å². The maximum atomic E-state index is 15.0. The molecule has 3 amide bonds. The van der Waals surface area contributed by atoms with Gasteiger partial charge < -0.3 is 29.4 Å². The van der Waals surface area contributed by atoms with Crippen LogP contribution in [0.15, 0.2) is 30.9 Å². The van der Waals surface area contributed by atoms with Gasteiger partial charge in [-0.3, -0.25) is 14.4 Å². The van der Waals surface area contributed by atoms with Crippen LogP contribution in [-0.2, 0) is 9.59 Å². The lowest BCUT2D eigenvalue weighted by atomic mass is 10.0. The Labute approximate surface area is 223 Å². The van der Waals surface area contributed by atoms with E-state index in [9.17, 15) is 23.9 Å². The molecule has 0 radical (unpaired) electrons. The number of pyridine rings is 1. The summed E-state index contributed by atoms with van der Waals surface area (Å²) in [5.41, 5.74) is -0.286. The summed E-state index contributed by atoms with van der Waals surface area (Å²) in [7, 11) is 1.69. The van der Waals surface area contributed by atoms with Crippen LogP contribution in [0.25, 0.3) is 11.3 Å². The van der Waals surface area contributed by atoms with Crippen LogP contribution >= 0.6 is 11.6 Å². The number of carbonyl (C=O) groups excluding carboxylic acids is 3. The van der Waals surface area contributed by atoms with Gasteiger partial charge in [-0.05, 0) is 25.1 Å². The number of hydrogen-bond donors (Lipinski definition) is 1. The Morgan fingerprint density at radius 3 is 2.66 bits per heavy atom. The largest absolute Gasteiger partial charge is 0.507 e. The van der Waals surface area contributed by atoms with Crippen LogP contribution in [0.4, 0.5) is 10.2 Å². The zero-order valence-corrected chi connectivity index (χ0v) is 21.7. The molecule has 0 aliphatic carbocycles. The minimum atomic E-state index is -0.760. The van der Waals surface area contributed by atoms with Crippen LogP contribution in [0, 0.1) is 5.82 Å². The molecule has 200 valence electrons. The molecule has 3 aliphatic rings. The molecule has 1 unspecified atom stereocenters. The van der Waals surface area contributed by atoms with Gasteiger partial charge in [0.15, 0.2) is 5.75 Å². The van der Waals surface area contributed by atoms with Gasteiger partial charge >= 0.3 is 0 Å². The number of nitrogens with zero attached hydrogens (tertiary/aromatic N) is 5. The number of ether oxygens (including phenoxy) is 1. The SMILES string of the molecule is C=CC(=O)N1CCN2C(=O)c3c(N4CCN(C)C(=O)[C@@H]4C)nc(-c4c(O)cccc4F)c(Cl)c3OCC2C1. The van der Waals surface area contributed by atoms with E-state index < -0.39 is 23.8 Å². The van der Waals surface area contributed by atoms with E-state index in [4.69, 9.17) is 16.3 Å². The number of rotatable bonds is 3. The number of fused-ring (bicyclic) bond motifs is 2. The van der Waals surface area contributed by atoms with Crippen molar-refractivity contribution in [2.24, 2.45) is 0 Å². The third kappa shape index (κ3) is 4.10. The molecule has 2 aromatic rings. The van der Waals surface area contributed by atoms with Crippen LogP contribution in [0.3, 0.4) is 0 Å². The molecular formula is C26H27ClFN5O5. The lowest BCUT2D eigenvalue weighted by Crippen LogP contribution is -2.58. The summed E-state index contributed by atoms with van der Waals surface area (Å²) >= 11 is 6.73. The molecule has 5 rings (SSSR count). The van der Waals surface area contributed by atoms with Crippen molar-refractivity contribution in [3.8, 4) is 22.8 Å². The number of amides is 3. The normalized spacial score (nSPS) is 21.5. The second-order valence-electron chi connectivity index (χ2n) is 9.52. The summed E-state index contributed by atoms with van der Waals surface area (Å²) in [6.45, 7) is 6.77. The highest BCUT2D eigenvalue weighted by molar-refractivity contribution is 6.35. The van der Waals surface area contributed by atoms with Crippen molar-refractivity contribution in [1.82, 2.24) is 19.7 Å². The molecule has 0 spiro atoms. The van der Waals surface area contributed by atoms with Gasteiger partial charge in [0.1, 0.15) is 46.3 Å². The molecule has 10 nitrogen and oxygen atoms in total. The van der Waals surface area contributed by atoms with Crippen molar-refractivity contribution < 1.29 is 28.6 Å². The monoisotopic (exact) mass is 543 g/mol. The molecule has 1 aromatic carbocycles. The zero-order chi connectivity index (χ0) is 27.3. The molecule has 3 aliphatic heterocycles. The molecule has 1 aromatic heterocycles. The molecule has 2 fully saturated rings. The van der Waals surface area contributed by atoms with Gasteiger partial charge in [0.05, 0.1) is 11.6 Å². The summed E-state index contributed by atoms with van der Waals surface area (Å²) in [6, 6.07) is 2.66. The first kappa shape index (κ1) is 25.8. The number of phenolic OH excluding ortho intramolecular Hbond substituents is 1. The van der Waals surface area contributed by atoms with Gasteiger partial charge in [0.2, 0.25) is 11.8 Å². The van der Waals surface area contributed by atoms with Gasteiger partial charge in [-0.25, -0.2) is 9.37 Å². The Kier molecular flexibility index (Phi) is 6.64. The van der Waals surface area contributed by atoms with Crippen molar-refractivity contribution in [1.29, 1.82) is 0 Å². The lowest BCUT2D eigenvalue weighted by molar-refractivity contribution is -0.132. The van der Waals surface area contributed by atoms with E-state index in [1.54, 1.807) is 33.6 Å². The first-order chi connectivity index (χ1) is 18.1. The lowest BCUT2D eigenvalue weighted by Gasteiger charge is -2.41. The summed E-state index contributed by atoms with van der Waals surface area (Å²) in [5, 5.41) is 10.4. The Morgan fingerprint density at radius 2 is 1.95 bits per heavy atom. The fourth-order valence-corrected chi connectivity index (χ4v) is 5.49. The zero-order valence-electron chi connectivity index (χ0n) is 21.0. The van der Waals surface area contributed by atoms with Crippen LogP contribution in [-0.4, -0.2) is 101 Å². The van der Waals surface area contributed by atoms with Crippen LogP contribution in [0.5, 0.6) is 11.5 Å². The van der Waals surface area contributed by atoms with Crippen molar-refractivity contribution in [3.63, 3.8) is 0 Å². The Bertz CT molecular complexity index is 1330. The van der Waals surface area contributed by atoms with Crippen molar-refractivity contribution in [2.75, 3.05) is 51.3 Å². The molecule has 1 N–H and O–H groups in total. The molecule has 0 bridgehead atoms. The van der Waals surface area contributed by atoms with Gasteiger partial charge in [0.25, 0.3) is 5.91 Å². The molecule has 0 saturated carbocycles. The third-order valence-corrected chi connectivity index (χ3v) is 7.67. The molecule has 2 atom stereocenters. The van der Waals surface area contributed by atoms with Crippen molar-refractivity contribution in [3.05, 3.63) is 47.3 Å². The van der Waals surface area contributed by atoms with Crippen LogP contribution in [0.2, 0.25) is 5.02 Å². The van der Waals surface area contributed by atoms with Crippen molar-refractivity contribution in [2.45, 2.75) is 19.0 Å². The maximum Gasteiger partial charge on any atom is 0.261 e. The van der Waals surface area contributed by atoms with Gasteiger partial charge in [-0.2, -0.15) is 0 Å². The fraction of sp³-hybridized carbons (Fsp3) is 0.385. The minimum absolute atomic E-state index is 0.00565. The number of likely N-dealkylation sites (N-methyl/N-ethyl adjacent to an activating group) is 1. The topological polar surface area (TPSA) is 107 Å². The summed E-state index contributed by atoms with van der Waals surface area (Å²) < 4.78 is 21.1. The first-order valence-electron chi connectivity index (χ1n) is 12.2. The molecule has 12 heteroatoms. The van der Waals surface area contributed by atoms with Gasteiger partial charge in [0, 0.05) is 39.8 Å². The number of phenols is 1. The highest BCUT2D eigenvalue weighted by Gasteiger charge is 2.42. The summed E-state index contributed by atoms with van der Waals surface area (Å²) in [6.07, 6.45) is 1.22. The van der Waals surface area contributed by atoms with E-state index in [-0.39, 0.29) is 70.7 Å². The van der Waals surface area contributed by atoms with E-state index in [1.807, 2.05) is 0 Å². The Morgan fingerprint density at radius 1 is 1.21 bits per heavy atom. The highest BCUT2D eigenvalue weighted by atomic mass is 35.5. The number of aromatic hydroxyl groups is 1. The van der Waals surface area contributed by atoms with Crippen molar-refractivity contribution >= 4 is 35.1 Å². The van der Waals surface area contributed by atoms with Crippen LogP contribution in [0.1, 0.15) is 17.3 Å². The number of carbonyl (C=O) groups is 3. The number of hydrogen-bond acceptors (Lipinski definition) is 7. The number of aromatic nitrogens is 1. The number of halogens is 2. The predicted octanol–water partition coefficient (Wildman–Crippen LogP) is 2.14. The van der Waals surface area contributed by atoms with Gasteiger partial charge in [-0.1, -0.05) is 24.2 Å². The summed E-state index contributed by atoms with van der Waals surface area (Å²) in [5.74, 6) is -1.87. The third-order valence-electron chi connectivity index (χ3n) is 7.32. The maximum absolute atomic E-state index is 15.0. The smallest absolute Gasteiger partial charge is 0.261 e. The summed E-state index contributed by atoms with van der Waals surface area (Å²) in [4.78, 5) is 50.2. The highest BCUT2D eigenvalue weighted by Crippen LogP contribution is 2.46. The quantitative estimate of drug-likeness (QED) is 0.591. The number of piperazine rings is 2. The fourth-order valence-electron chi connectivity index (χ4n) is 5.20. The van der Waals surface area contributed by atoms with Gasteiger partial charge in [-0.15, -0.1) is 0 Å². The number of anilines is 1. The second kappa shape index (κ2) is 9.79. The number of benzene rings is 1. The first-order valence-corrected chi connectivity index (χ1v) is 12.6. The Hall–Kier alpha value is -3.86. The average Bonchev–Trinajstić information content (AvgIpc) is 3.05. The van der Waals surface area contributed by atoms with E-state index >= 15 is 0 Å². The predicted molar refractivity (Wildman–Crippen MR) is 138 cm³/mol. The average molecular weight is 544 g/mol. The van der Waals surface area contributed by atoms with Crippen LogP contribution < -0.4 is 9.64 Å². The van der Waals surface area contributed by atoms with E-state index in [0.29, 0.717) is 19.6 Å². The van der Waals surface area contributed by atoms with E-state index in [0.717, 1.165) is 6.07 Å². The molecule has 4 heterocycles. The van der Waals surface area contributed by atoms with E-state index in [2.05, 4.69) is 11.6 Å². The Balaban J connectivity index is 1.69. The standard InChI is InChI=1S/C26H27ClFN5O5/c1-4-18(35)31-9-11-33-15(12-31)13-38-23-20(26(33)37)24(32-10-8-30(3)25(36)14(32)2)29-22(21(23)27)19-16(28)6-5-7-17(19)34/h4-7,14-15,34H,1,8-13H2,2-3H3/t14-,15?/m0/s1. The molecular weight excluding hydrogens is 517 g/mol. The second-order valence-corrected chi connectivity index (χ2v) is 9.89. The minimum Gasteiger partial charge on any atom is -0.507 e. The molecule has 2 saturated heterocycles.